The molecule has 0 unspecified atom stereocenters. The molecule has 2 rings (SSSR count). The zero-order valence-electron chi connectivity index (χ0n) is 11.9. The standard InChI is InChI=1S/C14H19FN2O3S/c1-21(19,20)14(6-8-16-9-7-14)13(18)17-10-11-4-2-3-5-12(11)15/h2-5,16H,6-10H2,1H3,(H,17,18). The lowest BCUT2D eigenvalue weighted by Gasteiger charge is -2.34. The molecule has 1 aliphatic heterocycles. The van der Waals surface area contributed by atoms with Crippen molar-refractivity contribution in [2.45, 2.75) is 24.1 Å². The lowest BCUT2D eigenvalue weighted by atomic mass is 9.95. The van der Waals surface area contributed by atoms with Crippen molar-refractivity contribution in [3.05, 3.63) is 35.6 Å². The number of hydrogen-bond acceptors (Lipinski definition) is 4. The van der Waals surface area contributed by atoms with Crippen LogP contribution in [0.2, 0.25) is 0 Å². The Bertz CT molecular complexity index is 625. The Morgan fingerprint density at radius 1 is 1.33 bits per heavy atom. The fraction of sp³-hybridized carbons (Fsp3) is 0.500. The third-order valence-electron chi connectivity index (χ3n) is 3.93. The molecule has 1 amide bonds. The Morgan fingerprint density at radius 3 is 2.52 bits per heavy atom. The number of benzene rings is 1. The number of piperidine rings is 1. The van der Waals surface area contributed by atoms with Crippen molar-refractivity contribution in [3.8, 4) is 0 Å². The molecule has 1 fully saturated rings. The van der Waals surface area contributed by atoms with Crippen molar-refractivity contribution in [2.24, 2.45) is 0 Å². The summed E-state index contributed by atoms with van der Waals surface area (Å²) in [6.45, 7) is 0.927. The average Bonchev–Trinajstić information content (AvgIpc) is 2.45. The van der Waals surface area contributed by atoms with Gasteiger partial charge in [0.15, 0.2) is 14.6 Å². The molecular formula is C14H19FN2O3S. The predicted molar refractivity (Wildman–Crippen MR) is 77.9 cm³/mol. The zero-order chi connectivity index (χ0) is 15.5. The van der Waals surface area contributed by atoms with Gasteiger partial charge in [0.1, 0.15) is 5.82 Å². The zero-order valence-corrected chi connectivity index (χ0v) is 12.7. The third kappa shape index (κ3) is 3.24. The Kier molecular flexibility index (Phi) is 4.63. The van der Waals surface area contributed by atoms with Crippen LogP contribution in [0.15, 0.2) is 24.3 Å². The van der Waals surface area contributed by atoms with E-state index in [2.05, 4.69) is 10.6 Å². The summed E-state index contributed by atoms with van der Waals surface area (Å²) in [5, 5.41) is 5.62. The molecule has 0 atom stereocenters. The van der Waals surface area contributed by atoms with Crippen LogP contribution in [0, 0.1) is 5.82 Å². The SMILES string of the molecule is CS(=O)(=O)C1(C(=O)NCc2ccccc2F)CCNCC1. The van der Waals surface area contributed by atoms with E-state index in [9.17, 15) is 17.6 Å². The Hall–Kier alpha value is -1.47. The number of carbonyl (C=O) groups excluding carboxylic acids is 1. The van der Waals surface area contributed by atoms with E-state index in [4.69, 9.17) is 0 Å². The fourth-order valence-electron chi connectivity index (χ4n) is 2.58. The van der Waals surface area contributed by atoms with E-state index in [0.717, 1.165) is 6.26 Å². The van der Waals surface area contributed by atoms with Gasteiger partial charge in [-0.3, -0.25) is 4.79 Å². The second-order valence-electron chi connectivity index (χ2n) is 5.29. The molecule has 5 nitrogen and oxygen atoms in total. The summed E-state index contributed by atoms with van der Waals surface area (Å²) >= 11 is 0. The maximum absolute atomic E-state index is 13.5. The van der Waals surface area contributed by atoms with Gasteiger partial charge in [-0.25, -0.2) is 12.8 Å². The Morgan fingerprint density at radius 2 is 1.95 bits per heavy atom. The van der Waals surface area contributed by atoms with Crippen LogP contribution in [0.1, 0.15) is 18.4 Å². The second kappa shape index (κ2) is 6.11. The summed E-state index contributed by atoms with van der Waals surface area (Å²) in [6.07, 6.45) is 1.55. The van der Waals surface area contributed by atoms with Crippen LogP contribution < -0.4 is 10.6 Å². The smallest absolute Gasteiger partial charge is 0.241 e. The normalized spacial score (nSPS) is 18.2. The van der Waals surface area contributed by atoms with Crippen LogP contribution in [0.25, 0.3) is 0 Å². The van der Waals surface area contributed by atoms with Gasteiger partial charge in [0, 0.05) is 18.4 Å². The number of halogens is 1. The lowest BCUT2D eigenvalue weighted by molar-refractivity contribution is -0.124. The number of carbonyl (C=O) groups is 1. The van der Waals surface area contributed by atoms with Crippen molar-refractivity contribution in [2.75, 3.05) is 19.3 Å². The van der Waals surface area contributed by atoms with Gasteiger partial charge < -0.3 is 10.6 Å². The van der Waals surface area contributed by atoms with Gasteiger partial charge in [0.25, 0.3) is 0 Å². The molecule has 1 saturated heterocycles. The molecule has 0 aromatic heterocycles. The van der Waals surface area contributed by atoms with Gasteiger partial charge in [-0.1, -0.05) is 18.2 Å². The molecule has 21 heavy (non-hydrogen) atoms. The van der Waals surface area contributed by atoms with Gasteiger partial charge in [0.05, 0.1) is 0 Å². The molecule has 7 heteroatoms. The average molecular weight is 314 g/mol. The molecule has 1 aliphatic rings. The molecule has 0 bridgehead atoms. The molecule has 0 saturated carbocycles. The van der Waals surface area contributed by atoms with Gasteiger partial charge in [-0.05, 0) is 32.0 Å². The fourth-order valence-corrected chi connectivity index (χ4v) is 3.93. The predicted octanol–water partition coefficient (Wildman–Crippen LogP) is 0.609. The highest BCUT2D eigenvalue weighted by Crippen LogP contribution is 2.28. The summed E-state index contributed by atoms with van der Waals surface area (Å²) in [6, 6.07) is 6.09. The van der Waals surface area contributed by atoms with Gasteiger partial charge in [-0.15, -0.1) is 0 Å². The molecule has 1 heterocycles. The van der Waals surface area contributed by atoms with Crippen molar-refractivity contribution in [3.63, 3.8) is 0 Å². The Balaban J connectivity index is 2.15. The van der Waals surface area contributed by atoms with E-state index in [-0.39, 0.29) is 19.4 Å². The highest BCUT2D eigenvalue weighted by molar-refractivity contribution is 7.92. The van der Waals surface area contributed by atoms with Crippen molar-refractivity contribution >= 4 is 15.7 Å². The van der Waals surface area contributed by atoms with Crippen LogP contribution in [0.3, 0.4) is 0 Å². The molecule has 116 valence electrons. The molecule has 1 aromatic rings. The second-order valence-corrected chi connectivity index (χ2v) is 7.62. The molecule has 0 aliphatic carbocycles. The third-order valence-corrected chi connectivity index (χ3v) is 5.95. The number of rotatable bonds is 4. The van der Waals surface area contributed by atoms with E-state index in [0.29, 0.717) is 18.7 Å². The minimum Gasteiger partial charge on any atom is -0.351 e. The Labute approximate surface area is 123 Å². The number of sulfone groups is 1. The number of nitrogens with one attached hydrogen (secondary N) is 2. The minimum atomic E-state index is -3.55. The summed E-state index contributed by atoms with van der Waals surface area (Å²) in [7, 11) is -3.55. The summed E-state index contributed by atoms with van der Waals surface area (Å²) < 4.78 is 36.2. The molecule has 0 spiro atoms. The van der Waals surface area contributed by atoms with Gasteiger partial charge in [0.2, 0.25) is 5.91 Å². The minimum absolute atomic E-state index is 0.0177. The first-order valence-electron chi connectivity index (χ1n) is 6.79. The van der Waals surface area contributed by atoms with Crippen LogP contribution in [-0.2, 0) is 21.2 Å². The molecule has 2 N–H and O–H groups in total. The quantitative estimate of drug-likeness (QED) is 0.854. The van der Waals surface area contributed by atoms with Crippen LogP contribution in [0.4, 0.5) is 4.39 Å². The summed E-state index contributed by atoms with van der Waals surface area (Å²) in [4.78, 5) is 12.4. The first-order chi connectivity index (χ1) is 9.87. The van der Waals surface area contributed by atoms with Gasteiger partial charge >= 0.3 is 0 Å². The lowest BCUT2D eigenvalue weighted by Crippen LogP contribution is -2.57. The summed E-state index contributed by atoms with van der Waals surface area (Å²) in [5.74, 6) is -0.966. The van der Waals surface area contributed by atoms with Crippen molar-refractivity contribution < 1.29 is 17.6 Å². The van der Waals surface area contributed by atoms with E-state index in [1.165, 1.54) is 6.07 Å². The summed E-state index contributed by atoms with van der Waals surface area (Å²) in [5.41, 5.74) is 0.337. The largest absolute Gasteiger partial charge is 0.351 e. The van der Waals surface area contributed by atoms with E-state index in [1.807, 2.05) is 0 Å². The first kappa shape index (κ1) is 15.9. The maximum atomic E-state index is 13.5. The van der Waals surface area contributed by atoms with Crippen molar-refractivity contribution in [1.82, 2.24) is 10.6 Å². The monoisotopic (exact) mass is 314 g/mol. The highest BCUT2D eigenvalue weighted by Gasteiger charge is 2.48. The van der Waals surface area contributed by atoms with Crippen molar-refractivity contribution in [1.29, 1.82) is 0 Å². The molecular weight excluding hydrogens is 295 g/mol. The van der Waals surface area contributed by atoms with E-state index >= 15 is 0 Å². The highest BCUT2D eigenvalue weighted by atomic mass is 32.2. The molecule has 0 radical (unpaired) electrons. The topological polar surface area (TPSA) is 75.3 Å². The van der Waals surface area contributed by atoms with E-state index in [1.54, 1.807) is 18.2 Å². The van der Waals surface area contributed by atoms with Crippen LogP contribution in [0.5, 0.6) is 0 Å². The first-order valence-corrected chi connectivity index (χ1v) is 8.68. The van der Waals surface area contributed by atoms with Crippen LogP contribution >= 0.6 is 0 Å². The molecule has 1 aromatic carbocycles. The van der Waals surface area contributed by atoms with Crippen LogP contribution in [-0.4, -0.2) is 38.4 Å². The number of amides is 1. The number of hydrogen-bond donors (Lipinski definition) is 2. The van der Waals surface area contributed by atoms with Gasteiger partial charge in [-0.2, -0.15) is 0 Å². The maximum Gasteiger partial charge on any atom is 0.241 e. The van der Waals surface area contributed by atoms with E-state index < -0.39 is 26.3 Å².